The molecule has 2 aromatic rings. The van der Waals surface area contributed by atoms with Gasteiger partial charge in [0.2, 0.25) is 0 Å². The van der Waals surface area contributed by atoms with Crippen LogP contribution in [-0.4, -0.2) is 0 Å². The molecule has 0 aromatic heterocycles. The topological polar surface area (TPSA) is 0 Å². The van der Waals surface area contributed by atoms with Gasteiger partial charge >= 0.3 is 0 Å². The van der Waals surface area contributed by atoms with Gasteiger partial charge in [-0.2, -0.15) is 0 Å². The first-order valence-corrected chi connectivity index (χ1v) is 6.09. The zero-order valence-corrected chi connectivity index (χ0v) is 9.96. The van der Waals surface area contributed by atoms with E-state index in [1.165, 1.54) is 20.9 Å². The minimum absolute atomic E-state index is 1.08. The van der Waals surface area contributed by atoms with Crippen LogP contribution in [0.4, 0.5) is 0 Å². The van der Waals surface area contributed by atoms with Gasteiger partial charge in [0.15, 0.2) is 0 Å². The Morgan fingerprint density at radius 1 is 0.750 bits per heavy atom. The molecular weight excluding hydrogens is 212 g/mol. The third-order valence-corrected chi connectivity index (χ3v) is 3.78. The fourth-order valence-corrected chi connectivity index (χ4v) is 2.90. The number of hydrogen-bond acceptors (Lipinski definition) is 1. The van der Waals surface area contributed by atoms with Gasteiger partial charge in [-0.05, 0) is 29.7 Å². The summed E-state index contributed by atoms with van der Waals surface area (Å²) in [4.78, 5) is 2.82. The predicted molar refractivity (Wildman–Crippen MR) is 71.1 cm³/mol. The highest BCUT2D eigenvalue weighted by Gasteiger charge is 2.13. The Morgan fingerprint density at radius 2 is 1.19 bits per heavy atom. The lowest BCUT2D eigenvalue weighted by Crippen LogP contribution is -1.98. The molecule has 0 bridgehead atoms. The van der Waals surface area contributed by atoms with Crippen LogP contribution in [0, 0.1) is 0 Å². The molecule has 0 aliphatic carbocycles. The molecule has 0 saturated carbocycles. The summed E-state index contributed by atoms with van der Waals surface area (Å²) in [5.41, 5.74) is 2.91. The first-order valence-electron chi connectivity index (χ1n) is 5.27. The van der Waals surface area contributed by atoms with Crippen molar-refractivity contribution in [2.45, 2.75) is 16.2 Å². The maximum atomic E-state index is 3.00. The second-order valence-corrected chi connectivity index (χ2v) is 4.58. The van der Waals surface area contributed by atoms with E-state index < -0.39 is 0 Å². The maximum absolute atomic E-state index is 3.00. The standard InChI is InChI=1S/C13H10S.C2H4/c1-3-7-12-10(5-1)9-11-6-2-4-8-13(11)14-12;1-2/h1-8H,9H2;1-2H2. The minimum Gasteiger partial charge on any atom is -0.106 e. The van der Waals surface area contributed by atoms with Crippen LogP contribution >= 0.6 is 11.8 Å². The van der Waals surface area contributed by atoms with Crippen molar-refractivity contribution in [1.82, 2.24) is 0 Å². The SMILES string of the molecule is C=C.c1ccc2c(c1)Cc1ccccc1S2. The Morgan fingerprint density at radius 3 is 1.69 bits per heavy atom. The van der Waals surface area contributed by atoms with Crippen LogP contribution in [0.1, 0.15) is 11.1 Å². The van der Waals surface area contributed by atoms with Crippen LogP contribution in [0.5, 0.6) is 0 Å². The van der Waals surface area contributed by atoms with E-state index >= 15 is 0 Å². The average molecular weight is 226 g/mol. The van der Waals surface area contributed by atoms with Gasteiger partial charge in [0, 0.05) is 9.79 Å². The molecule has 0 fully saturated rings. The maximum Gasteiger partial charge on any atom is 0.0157 e. The fourth-order valence-electron chi connectivity index (χ4n) is 1.82. The van der Waals surface area contributed by atoms with Crippen LogP contribution < -0.4 is 0 Å². The Hall–Kier alpha value is -1.47. The van der Waals surface area contributed by atoms with Crippen molar-refractivity contribution in [2.75, 3.05) is 0 Å². The first-order chi connectivity index (χ1) is 7.93. The summed E-state index contributed by atoms with van der Waals surface area (Å²) in [6, 6.07) is 17.3. The van der Waals surface area contributed by atoms with Gasteiger partial charge in [0.1, 0.15) is 0 Å². The molecule has 1 heterocycles. The normalized spacial score (nSPS) is 11.8. The van der Waals surface area contributed by atoms with Gasteiger partial charge < -0.3 is 0 Å². The second kappa shape index (κ2) is 5.04. The first kappa shape index (κ1) is 11.0. The zero-order chi connectivity index (χ0) is 11.4. The molecule has 80 valence electrons. The quantitative estimate of drug-likeness (QED) is 0.507. The third-order valence-electron chi connectivity index (χ3n) is 2.55. The lowest BCUT2D eigenvalue weighted by Gasteiger charge is -2.17. The van der Waals surface area contributed by atoms with Gasteiger partial charge in [-0.25, -0.2) is 0 Å². The molecule has 1 aliphatic rings. The van der Waals surface area contributed by atoms with E-state index in [0.29, 0.717) is 0 Å². The largest absolute Gasteiger partial charge is 0.106 e. The van der Waals surface area contributed by atoms with Crippen LogP contribution in [0.2, 0.25) is 0 Å². The molecule has 0 atom stereocenters. The summed E-state index contributed by atoms with van der Waals surface area (Å²) < 4.78 is 0. The summed E-state index contributed by atoms with van der Waals surface area (Å²) >= 11 is 1.88. The monoisotopic (exact) mass is 226 g/mol. The van der Waals surface area contributed by atoms with Crippen molar-refractivity contribution in [3.63, 3.8) is 0 Å². The van der Waals surface area contributed by atoms with Crippen molar-refractivity contribution in [3.8, 4) is 0 Å². The van der Waals surface area contributed by atoms with E-state index in [1.807, 2.05) is 11.8 Å². The number of hydrogen-bond donors (Lipinski definition) is 0. The summed E-state index contributed by atoms with van der Waals surface area (Å²) in [6.45, 7) is 6.00. The van der Waals surface area contributed by atoms with Crippen molar-refractivity contribution in [2.24, 2.45) is 0 Å². The molecule has 16 heavy (non-hydrogen) atoms. The Bertz CT molecular complexity index is 401. The van der Waals surface area contributed by atoms with Crippen molar-refractivity contribution in [1.29, 1.82) is 0 Å². The van der Waals surface area contributed by atoms with E-state index in [2.05, 4.69) is 61.7 Å². The molecule has 0 unspecified atom stereocenters. The summed E-state index contributed by atoms with van der Waals surface area (Å²) in [7, 11) is 0. The highest BCUT2D eigenvalue weighted by molar-refractivity contribution is 7.99. The summed E-state index contributed by atoms with van der Waals surface area (Å²) in [5, 5.41) is 0. The Balaban J connectivity index is 0.000000457. The molecule has 0 saturated heterocycles. The molecule has 2 aromatic carbocycles. The van der Waals surface area contributed by atoms with Crippen molar-refractivity contribution >= 4 is 11.8 Å². The second-order valence-electron chi connectivity index (χ2n) is 3.49. The van der Waals surface area contributed by atoms with Gasteiger partial charge in [0.05, 0.1) is 0 Å². The smallest absolute Gasteiger partial charge is 0.0157 e. The minimum atomic E-state index is 1.08. The molecule has 0 N–H and O–H groups in total. The van der Waals surface area contributed by atoms with Crippen LogP contribution in [-0.2, 0) is 6.42 Å². The lowest BCUT2D eigenvalue weighted by atomic mass is 10.0. The molecule has 1 heteroatoms. The number of benzene rings is 2. The lowest BCUT2D eigenvalue weighted by molar-refractivity contribution is 1.06. The van der Waals surface area contributed by atoms with Gasteiger partial charge in [-0.3, -0.25) is 0 Å². The molecule has 0 spiro atoms. The van der Waals surface area contributed by atoms with Crippen LogP contribution in [0.3, 0.4) is 0 Å². The molecule has 1 aliphatic heterocycles. The van der Waals surface area contributed by atoms with Crippen LogP contribution in [0.25, 0.3) is 0 Å². The summed E-state index contributed by atoms with van der Waals surface area (Å²) in [6.07, 6.45) is 1.08. The Kier molecular flexibility index (Phi) is 3.47. The number of rotatable bonds is 0. The number of fused-ring (bicyclic) bond motifs is 2. The highest BCUT2D eigenvalue weighted by atomic mass is 32.2. The van der Waals surface area contributed by atoms with Crippen molar-refractivity contribution < 1.29 is 0 Å². The van der Waals surface area contributed by atoms with E-state index in [0.717, 1.165) is 6.42 Å². The van der Waals surface area contributed by atoms with Crippen LogP contribution in [0.15, 0.2) is 71.5 Å². The van der Waals surface area contributed by atoms with Gasteiger partial charge in [-0.15, -0.1) is 13.2 Å². The average Bonchev–Trinajstić information content (AvgIpc) is 2.38. The molecule has 0 amide bonds. The van der Waals surface area contributed by atoms with Gasteiger partial charge in [-0.1, -0.05) is 48.2 Å². The van der Waals surface area contributed by atoms with E-state index in [1.54, 1.807) is 0 Å². The van der Waals surface area contributed by atoms with E-state index in [9.17, 15) is 0 Å². The van der Waals surface area contributed by atoms with Crippen molar-refractivity contribution in [3.05, 3.63) is 72.8 Å². The zero-order valence-electron chi connectivity index (χ0n) is 9.15. The van der Waals surface area contributed by atoms with E-state index in [4.69, 9.17) is 0 Å². The van der Waals surface area contributed by atoms with E-state index in [-0.39, 0.29) is 0 Å². The molecule has 0 radical (unpaired) electrons. The predicted octanol–water partition coefficient (Wildman–Crippen LogP) is 4.54. The van der Waals surface area contributed by atoms with Gasteiger partial charge in [0.25, 0.3) is 0 Å². The fraction of sp³-hybridized carbons (Fsp3) is 0.0667. The molecular formula is C15H14S. The summed E-state index contributed by atoms with van der Waals surface area (Å²) in [5.74, 6) is 0. The molecule has 0 nitrogen and oxygen atoms in total. The molecule has 3 rings (SSSR count). The Labute approximate surface area is 101 Å². The highest BCUT2D eigenvalue weighted by Crippen LogP contribution is 2.38. The third kappa shape index (κ3) is 2.05.